The lowest BCUT2D eigenvalue weighted by atomic mass is 10.2. The lowest BCUT2D eigenvalue weighted by Crippen LogP contribution is -2.20. The fraction of sp³-hybridized carbons (Fsp3) is 0.545. The lowest BCUT2D eigenvalue weighted by Gasteiger charge is -2.21. The average molecular weight is 193 g/mol. The molecule has 0 atom stereocenters. The Kier molecular flexibility index (Phi) is 4.40. The van der Waals surface area contributed by atoms with E-state index in [0.717, 1.165) is 12.1 Å². The van der Waals surface area contributed by atoms with E-state index >= 15 is 0 Å². The van der Waals surface area contributed by atoms with E-state index in [1.54, 1.807) is 0 Å². The molecule has 0 spiro atoms. The lowest BCUT2D eigenvalue weighted by molar-refractivity contribution is 0.762. The third-order valence-electron chi connectivity index (χ3n) is 2.36. The molecule has 78 valence electrons. The molecule has 14 heavy (non-hydrogen) atoms. The highest BCUT2D eigenvalue weighted by atomic mass is 15.1. The zero-order valence-corrected chi connectivity index (χ0v) is 9.03. The Morgan fingerprint density at radius 1 is 1.50 bits per heavy atom. The third-order valence-corrected chi connectivity index (χ3v) is 2.36. The Bertz CT molecular complexity index is 273. The van der Waals surface area contributed by atoms with E-state index in [2.05, 4.69) is 23.9 Å². The Labute approximate surface area is 85.9 Å². The molecule has 0 amide bonds. The highest BCUT2D eigenvalue weighted by molar-refractivity contribution is 5.51. The van der Waals surface area contributed by atoms with Gasteiger partial charge in [-0.2, -0.15) is 0 Å². The van der Waals surface area contributed by atoms with Crippen molar-refractivity contribution in [2.24, 2.45) is 5.73 Å². The number of hydrogen-bond donors (Lipinski definition) is 1. The number of unbranched alkanes of at least 4 members (excludes halogenated alkanes) is 1. The van der Waals surface area contributed by atoms with Crippen LogP contribution in [-0.4, -0.2) is 18.6 Å². The summed E-state index contributed by atoms with van der Waals surface area (Å²) in [7, 11) is 2.10. The van der Waals surface area contributed by atoms with E-state index in [-0.39, 0.29) is 0 Å². The standard InChI is InChI=1S/C11H19N3/c1-3-4-7-14(2)11-5-6-13-9-10(11)8-12/h5-6,9H,3-4,7-8,12H2,1-2H3. The monoisotopic (exact) mass is 193 g/mol. The molecule has 2 N–H and O–H groups in total. The van der Waals surface area contributed by atoms with Gasteiger partial charge in [-0.1, -0.05) is 13.3 Å². The molecule has 3 heteroatoms. The number of pyridine rings is 1. The van der Waals surface area contributed by atoms with Gasteiger partial charge in [0.2, 0.25) is 0 Å². The van der Waals surface area contributed by atoms with Crippen LogP contribution >= 0.6 is 0 Å². The topological polar surface area (TPSA) is 42.2 Å². The third kappa shape index (κ3) is 2.70. The molecule has 1 heterocycles. The molecule has 0 radical (unpaired) electrons. The van der Waals surface area contributed by atoms with Crippen molar-refractivity contribution in [3.63, 3.8) is 0 Å². The van der Waals surface area contributed by atoms with E-state index in [1.165, 1.54) is 18.5 Å². The van der Waals surface area contributed by atoms with Crippen LogP contribution in [0.4, 0.5) is 5.69 Å². The van der Waals surface area contributed by atoms with Crippen LogP contribution in [0.25, 0.3) is 0 Å². The van der Waals surface area contributed by atoms with Crippen molar-refractivity contribution in [3.8, 4) is 0 Å². The van der Waals surface area contributed by atoms with Gasteiger partial charge in [-0.05, 0) is 12.5 Å². The molecule has 0 aromatic carbocycles. The smallest absolute Gasteiger partial charge is 0.0440 e. The quantitative estimate of drug-likeness (QED) is 0.775. The van der Waals surface area contributed by atoms with Crippen LogP contribution in [0.3, 0.4) is 0 Å². The second kappa shape index (κ2) is 5.60. The minimum Gasteiger partial charge on any atom is -0.374 e. The van der Waals surface area contributed by atoms with E-state index in [9.17, 15) is 0 Å². The first-order valence-corrected chi connectivity index (χ1v) is 5.13. The van der Waals surface area contributed by atoms with E-state index in [0.29, 0.717) is 6.54 Å². The maximum Gasteiger partial charge on any atom is 0.0440 e. The van der Waals surface area contributed by atoms with Crippen molar-refractivity contribution in [2.75, 3.05) is 18.5 Å². The highest BCUT2D eigenvalue weighted by Gasteiger charge is 2.04. The predicted molar refractivity (Wildman–Crippen MR) is 60.3 cm³/mol. The summed E-state index contributed by atoms with van der Waals surface area (Å²) >= 11 is 0. The average Bonchev–Trinajstić information content (AvgIpc) is 2.25. The van der Waals surface area contributed by atoms with Crippen molar-refractivity contribution >= 4 is 5.69 Å². The van der Waals surface area contributed by atoms with Crippen LogP contribution in [0.1, 0.15) is 25.3 Å². The number of aromatic nitrogens is 1. The van der Waals surface area contributed by atoms with Crippen molar-refractivity contribution in [1.82, 2.24) is 4.98 Å². The van der Waals surface area contributed by atoms with Crippen LogP contribution in [-0.2, 0) is 6.54 Å². The molecule has 0 saturated heterocycles. The summed E-state index contributed by atoms with van der Waals surface area (Å²) in [6, 6.07) is 2.03. The zero-order valence-electron chi connectivity index (χ0n) is 9.03. The summed E-state index contributed by atoms with van der Waals surface area (Å²) in [6.45, 7) is 3.83. The van der Waals surface area contributed by atoms with Gasteiger partial charge in [-0.25, -0.2) is 0 Å². The molecule has 1 aromatic rings. The van der Waals surface area contributed by atoms with E-state index in [1.807, 2.05) is 18.5 Å². The van der Waals surface area contributed by atoms with Gasteiger partial charge in [0, 0.05) is 43.8 Å². The molecule has 0 unspecified atom stereocenters. The summed E-state index contributed by atoms with van der Waals surface area (Å²) in [6.07, 6.45) is 6.09. The van der Waals surface area contributed by atoms with Gasteiger partial charge in [0.1, 0.15) is 0 Å². The van der Waals surface area contributed by atoms with Gasteiger partial charge >= 0.3 is 0 Å². The van der Waals surface area contributed by atoms with Crippen LogP contribution in [0.15, 0.2) is 18.5 Å². The number of anilines is 1. The Morgan fingerprint density at radius 3 is 2.93 bits per heavy atom. The normalized spacial score (nSPS) is 10.2. The minimum absolute atomic E-state index is 0.555. The Hall–Kier alpha value is -1.09. The van der Waals surface area contributed by atoms with Crippen LogP contribution in [0.2, 0.25) is 0 Å². The number of hydrogen-bond acceptors (Lipinski definition) is 3. The molecular weight excluding hydrogens is 174 g/mol. The summed E-state index contributed by atoms with van der Waals surface area (Å²) in [5.74, 6) is 0. The molecule has 0 aliphatic carbocycles. The second-order valence-corrected chi connectivity index (χ2v) is 3.48. The van der Waals surface area contributed by atoms with Gasteiger partial charge in [0.05, 0.1) is 0 Å². The van der Waals surface area contributed by atoms with Crippen molar-refractivity contribution in [1.29, 1.82) is 0 Å². The zero-order chi connectivity index (χ0) is 10.4. The maximum atomic E-state index is 5.65. The first-order valence-electron chi connectivity index (χ1n) is 5.13. The molecule has 1 rings (SSSR count). The van der Waals surface area contributed by atoms with E-state index in [4.69, 9.17) is 5.73 Å². The summed E-state index contributed by atoms with van der Waals surface area (Å²) < 4.78 is 0. The summed E-state index contributed by atoms with van der Waals surface area (Å²) in [5, 5.41) is 0. The van der Waals surface area contributed by atoms with Gasteiger partial charge in [-0.15, -0.1) is 0 Å². The van der Waals surface area contributed by atoms with Crippen molar-refractivity contribution < 1.29 is 0 Å². The fourth-order valence-electron chi connectivity index (χ4n) is 1.47. The van der Waals surface area contributed by atoms with E-state index < -0.39 is 0 Å². The minimum atomic E-state index is 0.555. The molecule has 0 fully saturated rings. The number of rotatable bonds is 5. The highest BCUT2D eigenvalue weighted by Crippen LogP contribution is 2.17. The molecular formula is C11H19N3. The molecule has 1 aromatic heterocycles. The van der Waals surface area contributed by atoms with Gasteiger partial charge < -0.3 is 10.6 Å². The van der Waals surface area contributed by atoms with Crippen LogP contribution in [0.5, 0.6) is 0 Å². The molecule has 3 nitrogen and oxygen atoms in total. The first kappa shape index (κ1) is 11.0. The molecule has 0 saturated carbocycles. The SMILES string of the molecule is CCCCN(C)c1ccncc1CN. The van der Waals surface area contributed by atoms with Crippen molar-refractivity contribution in [2.45, 2.75) is 26.3 Å². The largest absolute Gasteiger partial charge is 0.374 e. The molecule has 0 bridgehead atoms. The summed E-state index contributed by atoms with van der Waals surface area (Å²) in [5.41, 5.74) is 7.97. The Balaban J connectivity index is 2.72. The fourth-order valence-corrected chi connectivity index (χ4v) is 1.47. The van der Waals surface area contributed by atoms with Gasteiger partial charge in [0.15, 0.2) is 0 Å². The van der Waals surface area contributed by atoms with Gasteiger partial charge in [-0.3, -0.25) is 4.98 Å². The number of nitrogens with zero attached hydrogens (tertiary/aromatic N) is 2. The maximum absolute atomic E-state index is 5.65. The van der Waals surface area contributed by atoms with Crippen molar-refractivity contribution in [3.05, 3.63) is 24.0 Å². The second-order valence-electron chi connectivity index (χ2n) is 3.48. The van der Waals surface area contributed by atoms with Gasteiger partial charge in [0.25, 0.3) is 0 Å². The van der Waals surface area contributed by atoms with Crippen LogP contribution in [0, 0.1) is 0 Å². The van der Waals surface area contributed by atoms with Crippen LogP contribution < -0.4 is 10.6 Å². The predicted octanol–water partition coefficient (Wildman–Crippen LogP) is 1.78. The number of nitrogens with two attached hydrogens (primary N) is 1. The first-order chi connectivity index (χ1) is 6.79. The summed E-state index contributed by atoms with van der Waals surface area (Å²) in [4.78, 5) is 6.32. The molecule has 0 aliphatic rings. The Morgan fingerprint density at radius 2 is 2.29 bits per heavy atom. The molecule has 0 aliphatic heterocycles.